The van der Waals surface area contributed by atoms with Crippen LogP contribution in [0.3, 0.4) is 0 Å². The number of likely N-dealkylation sites (tertiary alicyclic amines) is 1. The van der Waals surface area contributed by atoms with Crippen molar-refractivity contribution in [1.29, 1.82) is 0 Å². The number of piperidine rings is 1. The number of ether oxygens (including phenoxy) is 2. The molecule has 2 aliphatic rings. The lowest BCUT2D eigenvalue weighted by atomic mass is 10.0. The smallest absolute Gasteiger partial charge is 0.321 e. The fourth-order valence-corrected chi connectivity index (χ4v) is 2.74. The predicted molar refractivity (Wildman–Crippen MR) is 75.6 cm³/mol. The fraction of sp³-hybridized carbons (Fsp3) is 0.533. The summed E-state index contributed by atoms with van der Waals surface area (Å²) in [6.45, 7) is 4.64. The van der Waals surface area contributed by atoms with Crippen LogP contribution in [0.4, 0.5) is 10.5 Å². The van der Waals surface area contributed by atoms with Crippen LogP contribution >= 0.6 is 0 Å². The molecule has 2 saturated heterocycles. The Morgan fingerprint density at radius 2 is 1.85 bits per heavy atom. The maximum atomic E-state index is 12.3. The minimum Gasteiger partial charge on any atom is -0.347 e. The van der Waals surface area contributed by atoms with Crippen LogP contribution in [0.15, 0.2) is 24.3 Å². The van der Waals surface area contributed by atoms with Gasteiger partial charge in [-0.1, -0.05) is 18.2 Å². The van der Waals surface area contributed by atoms with Gasteiger partial charge >= 0.3 is 6.03 Å². The minimum absolute atomic E-state index is 0.0489. The van der Waals surface area contributed by atoms with Crippen molar-refractivity contribution in [2.45, 2.75) is 25.6 Å². The van der Waals surface area contributed by atoms with Crippen molar-refractivity contribution in [3.8, 4) is 0 Å². The van der Waals surface area contributed by atoms with Gasteiger partial charge in [-0.3, -0.25) is 0 Å². The lowest BCUT2D eigenvalue weighted by Crippen LogP contribution is -2.48. The summed E-state index contributed by atoms with van der Waals surface area (Å²) in [5.41, 5.74) is 1.93. The van der Waals surface area contributed by atoms with E-state index in [1.165, 1.54) is 0 Å². The maximum Gasteiger partial charge on any atom is 0.321 e. The normalized spacial score (nSPS) is 21.1. The van der Waals surface area contributed by atoms with Crippen LogP contribution in [-0.4, -0.2) is 43.0 Å². The van der Waals surface area contributed by atoms with Crippen molar-refractivity contribution < 1.29 is 14.3 Å². The second-order valence-electron chi connectivity index (χ2n) is 5.34. The minimum atomic E-state index is -0.431. The Kier molecular flexibility index (Phi) is 3.63. The first-order chi connectivity index (χ1) is 9.69. The van der Waals surface area contributed by atoms with Gasteiger partial charge in [0.05, 0.1) is 13.2 Å². The van der Waals surface area contributed by atoms with E-state index in [2.05, 4.69) is 5.32 Å². The number of hydrogen-bond acceptors (Lipinski definition) is 3. The van der Waals surface area contributed by atoms with Crippen molar-refractivity contribution >= 4 is 11.7 Å². The average molecular weight is 276 g/mol. The van der Waals surface area contributed by atoms with Gasteiger partial charge in [0.25, 0.3) is 0 Å². The van der Waals surface area contributed by atoms with Crippen molar-refractivity contribution in [2.24, 2.45) is 0 Å². The quantitative estimate of drug-likeness (QED) is 0.856. The summed E-state index contributed by atoms with van der Waals surface area (Å²) in [4.78, 5) is 14.1. The van der Waals surface area contributed by atoms with E-state index in [1.807, 2.05) is 36.1 Å². The van der Waals surface area contributed by atoms with E-state index in [1.54, 1.807) is 0 Å². The van der Waals surface area contributed by atoms with Crippen molar-refractivity contribution in [3.63, 3.8) is 0 Å². The largest absolute Gasteiger partial charge is 0.347 e. The van der Waals surface area contributed by atoms with E-state index in [9.17, 15) is 4.79 Å². The van der Waals surface area contributed by atoms with Gasteiger partial charge in [-0.15, -0.1) is 0 Å². The number of carbonyl (C=O) groups is 1. The lowest BCUT2D eigenvalue weighted by molar-refractivity contribution is -0.181. The van der Waals surface area contributed by atoms with Crippen molar-refractivity contribution in [1.82, 2.24) is 4.90 Å². The highest BCUT2D eigenvalue weighted by Crippen LogP contribution is 2.31. The zero-order valence-corrected chi connectivity index (χ0v) is 11.7. The van der Waals surface area contributed by atoms with Crippen LogP contribution in [-0.2, 0) is 9.47 Å². The van der Waals surface area contributed by atoms with Gasteiger partial charge in [-0.25, -0.2) is 4.79 Å². The average Bonchev–Trinajstić information content (AvgIpc) is 2.90. The number of urea groups is 1. The number of amides is 2. The highest BCUT2D eigenvalue weighted by Gasteiger charge is 2.40. The Labute approximate surface area is 118 Å². The summed E-state index contributed by atoms with van der Waals surface area (Å²) in [5.74, 6) is -0.431. The molecule has 0 radical (unpaired) electrons. The van der Waals surface area contributed by atoms with E-state index in [4.69, 9.17) is 9.47 Å². The zero-order chi connectivity index (χ0) is 14.0. The second-order valence-corrected chi connectivity index (χ2v) is 5.34. The number of rotatable bonds is 1. The van der Waals surface area contributed by atoms with Crippen LogP contribution in [0.2, 0.25) is 0 Å². The molecule has 2 fully saturated rings. The molecule has 108 valence electrons. The van der Waals surface area contributed by atoms with Crippen LogP contribution in [0.25, 0.3) is 0 Å². The highest BCUT2D eigenvalue weighted by atomic mass is 16.7. The second kappa shape index (κ2) is 5.42. The van der Waals surface area contributed by atoms with E-state index in [-0.39, 0.29) is 6.03 Å². The molecular formula is C15H20N2O3. The SMILES string of the molecule is Cc1ccccc1NC(=O)N1CCC2(CC1)OCCO2. The summed E-state index contributed by atoms with van der Waals surface area (Å²) < 4.78 is 11.3. The molecular weight excluding hydrogens is 256 g/mol. The number of para-hydroxylation sites is 1. The molecule has 3 rings (SSSR count). The summed E-state index contributed by atoms with van der Waals surface area (Å²) in [6.07, 6.45) is 1.49. The third-order valence-electron chi connectivity index (χ3n) is 4.01. The molecule has 1 aromatic rings. The highest BCUT2D eigenvalue weighted by molar-refractivity contribution is 5.90. The number of aryl methyl sites for hydroxylation is 1. The molecule has 2 amide bonds. The van der Waals surface area contributed by atoms with Gasteiger partial charge in [0.2, 0.25) is 0 Å². The summed E-state index contributed by atoms with van der Waals surface area (Å²) in [6, 6.07) is 7.74. The van der Waals surface area contributed by atoms with Crippen LogP contribution < -0.4 is 5.32 Å². The van der Waals surface area contributed by atoms with E-state index in [0.29, 0.717) is 26.3 Å². The molecule has 1 aromatic carbocycles. The molecule has 0 unspecified atom stereocenters. The maximum absolute atomic E-state index is 12.3. The molecule has 0 aliphatic carbocycles. The fourth-order valence-electron chi connectivity index (χ4n) is 2.74. The first-order valence-corrected chi connectivity index (χ1v) is 7.08. The van der Waals surface area contributed by atoms with Gasteiger partial charge in [0, 0.05) is 31.6 Å². The number of nitrogens with zero attached hydrogens (tertiary/aromatic N) is 1. The molecule has 1 N–H and O–H groups in total. The summed E-state index contributed by atoms with van der Waals surface area (Å²) >= 11 is 0. The topological polar surface area (TPSA) is 50.8 Å². The summed E-state index contributed by atoms with van der Waals surface area (Å²) in [5, 5.41) is 2.96. The molecule has 20 heavy (non-hydrogen) atoms. The number of anilines is 1. The van der Waals surface area contributed by atoms with E-state index < -0.39 is 5.79 Å². The van der Waals surface area contributed by atoms with Crippen molar-refractivity contribution in [2.75, 3.05) is 31.6 Å². The molecule has 5 heteroatoms. The third kappa shape index (κ3) is 2.64. The molecule has 0 bridgehead atoms. The van der Waals surface area contributed by atoms with E-state index in [0.717, 1.165) is 24.1 Å². The number of nitrogens with one attached hydrogen (secondary N) is 1. The first kappa shape index (κ1) is 13.4. The van der Waals surface area contributed by atoms with Crippen LogP contribution in [0, 0.1) is 6.92 Å². The number of hydrogen-bond donors (Lipinski definition) is 1. The van der Waals surface area contributed by atoms with Crippen LogP contribution in [0.1, 0.15) is 18.4 Å². The molecule has 0 aromatic heterocycles. The number of benzene rings is 1. The summed E-state index contributed by atoms with van der Waals surface area (Å²) in [7, 11) is 0. The third-order valence-corrected chi connectivity index (χ3v) is 4.01. The molecule has 0 atom stereocenters. The molecule has 2 aliphatic heterocycles. The Hall–Kier alpha value is -1.59. The van der Waals surface area contributed by atoms with Gasteiger partial charge in [0.15, 0.2) is 5.79 Å². The zero-order valence-electron chi connectivity index (χ0n) is 11.7. The van der Waals surface area contributed by atoms with Gasteiger partial charge in [0.1, 0.15) is 0 Å². The number of carbonyl (C=O) groups excluding carboxylic acids is 1. The molecule has 2 heterocycles. The lowest BCUT2D eigenvalue weighted by Gasteiger charge is -2.37. The van der Waals surface area contributed by atoms with E-state index >= 15 is 0 Å². The van der Waals surface area contributed by atoms with Gasteiger partial charge in [-0.2, -0.15) is 0 Å². The Balaban J connectivity index is 1.58. The first-order valence-electron chi connectivity index (χ1n) is 7.08. The van der Waals surface area contributed by atoms with Gasteiger partial charge in [-0.05, 0) is 18.6 Å². The van der Waals surface area contributed by atoms with Crippen LogP contribution in [0.5, 0.6) is 0 Å². The predicted octanol–water partition coefficient (Wildman–Crippen LogP) is 2.37. The van der Waals surface area contributed by atoms with Gasteiger partial charge < -0.3 is 19.7 Å². The Morgan fingerprint density at radius 1 is 1.20 bits per heavy atom. The Morgan fingerprint density at radius 3 is 2.50 bits per heavy atom. The standard InChI is InChI=1S/C15H20N2O3/c1-12-4-2-3-5-13(12)16-14(18)17-8-6-15(7-9-17)19-10-11-20-15/h2-5H,6-11H2,1H3,(H,16,18). The molecule has 0 saturated carbocycles. The Bertz CT molecular complexity index is 488. The molecule has 5 nitrogen and oxygen atoms in total. The monoisotopic (exact) mass is 276 g/mol. The van der Waals surface area contributed by atoms with Crippen molar-refractivity contribution in [3.05, 3.63) is 29.8 Å². The molecule has 1 spiro atoms.